The Labute approximate surface area is 296 Å². The average Bonchev–Trinajstić information content (AvgIpc) is 3.42. The van der Waals surface area contributed by atoms with Gasteiger partial charge in [-0.05, 0) is 46.4 Å². The van der Waals surface area contributed by atoms with Gasteiger partial charge < -0.3 is 29.7 Å². The number of carboxylic acid groups (broad SMARTS) is 1. The first-order valence-corrected chi connectivity index (χ1v) is 17.4. The van der Waals surface area contributed by atoms with Crippen LogP contribution in [0.1, 0.15) is 77.8 Å². The molecule has 0 aromatic heterocycles. The smallest absolute Gasteiger partial charge is 0.303 e. The van der Waals surface area contributed by atoms with Crippen molar-refractivity contribution in [2.45, 2.75) is 91.0 Å². The summed E-state index contributed by atoms with van der Waals surface area (Å²) in [6, 6.07) is 14.6. The van der Waals surface area contributed by atoms with Crippen LogP contribution in [0.4, 0.5) is 0 Å². The molecule has 1 aliphatic carbocycles. The van der Waals surface area contributed by atoms with Gasteiger partial charge >= 0.3 is 5.97 Å². The molecule has 0 bridgehead atoms. The maximum absolute atomic E-state index is 12.8. The predicted octanol–water partition coefficient (Wildman–Crippen LogP) is 5.72. The molecule has 5 unspecified atom stereocenters. The average molecular weight is 688 g/mol. The summed E-state index contributed by atoms with van der Waals surface area (Å²) in [6.07, 6.45) is 0.455. The second-order valence-corrected chi connectivity index (χ2v) is 13.8. The van der Waals surface area contributed by atoms with Crippen molar-refractivity contribution in [2.75, 3.05) is 27.8 Å². The number of nitrogens with zero attached hydrogens (tertiary/aromatic N) is 2. The Morgan fingerprint density at radius 1 is 0.880 bits per heavy atom. The molecule has 5 atom stereocenters. The number of carboxylic acids is 1. The molecule has 0 amide bonds. The summed E-state index contributed by atoms with van der Waals surface area (Å²) < 4.78 is 12.0. The van der Waals surface area contributed by atoms with Crippen molar-refractivity contribution in [1.29, 1.82) is 0 Å². The minimum Gasteiger partial charge on any atom is -0.481 e. The molecule has 10 nitrogen and oxygen atoms in total. The van der Waals surface area contributed by atoms with E-state index in [0.29, 0.717) is 0 Å². The van der Waals surface area contributed by atoms with Crippen LogP contribution in [0.3, 0.4) is 0 Å². The highest BCUT2D eigenvalue weighted by Crippen LogP contribution is 2.44. The van der Waals surface area contributed by atoms with Gasteiger partial charge in [0.1, 0.15) is 29.9 Å². The SMILES string of the molecule is CCC(C)C(C(CCC(=O)O)OC)N(C)C(=C=O)C(NC(=C=O)C(C(C)C)N(C)C(=C=O)OCC1c2ccccc2-c2ccccc21)C(C)C. The van der Waals surface area contributed by atoms with E-state index in [2.05, 4.69) is 41.5 Å². The zero-order valence-corrected chi connectivity index (χ0v) is 30.9. The third-order valence-corrected chi connectivity index (χ3v) is 9.97. The van der Waals surface area contributed by atoms with Crippen LogP contribution in [0.2, 0.25) is 0 Å². The topological polar surface area (TPSA) is 125 Å². The molecular weight excluding hydrogens is 634 g/mol. The number of fused-ring (bicyclic) bond motifs is 3. The summed E-state index contributed by atoms with van der Waals surface area (Å²) in [5.41, 5.74) is 4.91. The third-order valence-electron chi connectivity index (χ3n) is 9.97. The lowest BCUT2D eigenvalue weighted by molar-refractivity contribution is -0.138. The molecule has 50 heavy (non-hydrogen) atoms. The lowest BCUT2D eigenvalue weighted by atomic mass is 9.88. The van der Waals surface area contributed by atoms with Crippen LogP contribution in [-0.2, 0) is 28.7 Å². The van der Waals surface area contributed by atoms with Gasteiger partial charge in [-0.1, -0.05) is 96.5 Å². The molecule has 2 N–H and O–H groups in total. The number of nitrogens with one attached hydrogen (secondary N) is 1. The fraction of sp³-hybridized carbons (Fsp3) is 0.525. The Bertz CT molecular complexity index is 1570. The van der Waals surface area contributed by atoms with Crippen LogP contribution in [0.15, 0.2) is 65.8 Å². The van der Waals surface area contributed by atoms with Crippen LogP contribution < -0.4 is 5.32 Å². The molecule has 270 valence electrons. The zero-order chi connectivity index (χ0) is 37.1. The van der Waals surface area contributed by atoms with Gasteiger partial charge in [0.25, 0.3) is 5.88 Å². The quantitative estimate of drug-likeness (QED) is 0.132. The van der Waals surface area contributed by atoms with Crippen LogP contribution >= 0.6 is 0 Å². The molecule has 0 fully saturated rings. The lowest BCUT2D eigenvalue weighted by Gasteiger charge is -2.42. The van der Waals surface area contributed by atoms with Gasteiger partial charge in [-0.15, -0.1) is 0 Å². The molecule has 1 aliphatic rings. The number of hydrogen-bond acceptors (Lipinski definition) is 9. The van der Waals surface area contributed by atoms with Crippen molar-refractivity contribution in [2.24, 2.45) is 17.8 Å². The summed E-state index contributed by atoms with van der Waals surface area (Å²) in [4.78, 5) is 52.8. The van der Waals surface area contributed by atoms with E-state index in [1.54, 1.807) is 26.1 Å². The number of rotatable bonds is 20. The largest absolute Gasteiger partial charge is 0.481 e. The number of likely N-dealkylation sites (N-methyl/N-ethyl adjacent to an activating group) is 2. The Balaban J connectivity index is 1.89. The number of carbonyl (C=O) groups excluding carboxylic acids is 3. The van der Waals surface area contributed by atoms with E-state index in [4.69, 9.17) is 9.47 Å². The van der Waals surface area contributed by atoms with Crippen molar-refractivity contribution < 1.29 is 33.8 Å². The fourth-order valence-corrected chi connectivity index (χ4v) is 7.25. The van der Waals surface area contributed by atoms with Crippen molar-refractivity contribution >= 4 is 23.8 Å². The summed E-state index contributed by atoms with van der Waals surface area (Å²) in [6.45, 7) is 11.9. The van der Waals surface area contributed by atoms with Crippen molar-refractivity contribution in [1.82, 2.24) is 15.1 Å². The summed E-state index contributed by atoms with van der Waals surface area (Å²) in [7, 11) is 4.99. The molecule has 3 rings (SSSR count). The monoisotopic (exact) mass is 687 g/mol. The first kappa shape index (κ1) is 39.9. The molecule has 0 heterocycles. The first-order chi connectivity index (χ1) is 23.9. The van der Waals surface area contributed by atoms with Crippen molar-refractivity contribution in [3.8, 4) is 11.1 Å². The highest BCUT2D eigenvalue weighted by molar-refractivity contribution is 5.78. The standard InChI is InChI=1S/C40H53N3O7/c1-10-27(6)40(35(49-9)19-20-37(47)48)42(7)34(22-45)38(25(2)3)41-33(21-44)39(26(4)5)43(8)36(23-46)50-24-32-30-17-13-11-15-28(30)29-16-12-14-18-31(29)32/h11-18,25-27,32,35,38-41H,10,19-20,24H2,1-9H3,(H,47,48). The Morgan fingerprint density at radius 2 is 1.46 bits per heavy atom. The van der Waals surface area contributed by atoms with E-state index in [9.17, 15) is 24.3 Å². The third kappa shape index (κ3) is 8.95. The molecule has 0 radical (unpaired) electrons. The molecule has 2 aromatic carbocycles. The summed E-state index contributed by atoms with van der Waals surface area (Å²) in [5.74, 6) is 4.71. The van der Waals surface area contributed by atoms with Gasteiger partial charge in [0, 0.05) is 33.5 Å². The minimum atomic E-state index is -0.930. The number of benzene rings is 2. The fourth-order valence-electron chi connectivity index (χ4n) is 7.25. The molecule has 0 saturated carbocycles. The number of aliphatic carboxylic acids is 1. The highest BCUT2D eigenvalue weighted by Gasteiger charge is 2.37. The van der Waals surface area contributed by atoms with E-state index in [1.807, 2.05) is 76.6 Å². The minimum absolute atomic E-state index is 0.0294. The van der Waals surface area contributed by atoms with Crippen molar-refractivity contribution in [3.05, 3.63) is 76.9 Å². The van der Waals surface area contributed by atoms with Gasteiger partial charge in [-0.2, -0.15) is 0 Å². The Hall–Kier alpha value is -4.58. The Morgan fingerprint density at radius 3 is 1.90 bits per heavy atom. The van der Waals surface area contributed by atoms with Gasteiger partial charge in [0.2, 0.25) is 0 Å². The van der Waals surface area contributed by atoms with Gasteiger partial charge in [-0.25, -0.2) is 14.4 Å². The van der Waals surface area contributed by atoms with Crippen LogP contribution in [0.5, 0.6) is 0 Å². The second kappa shape index (κ2) is 18.4. The summed E-state index contributed by atoms with van der Waals surface area (Å²) in [5, 5.41) is 12.7. The van der Waals surface area contributed by atoms with E-state index in [1.165, 1.54) is 0 Å². The Kier molecular flexibility index (Phi) is 14.7. The first-order valence-electron chi connectivity index (χ1n) is 17.4. The van der Waals surface area contributed by atoms with E-state index < -0.39 is 24.2 Å². The van der Waals surface area contributed by atoms with Gasteiger partial charge in [0.15, 0.2) is 5.94 Å². The zero-order valence-electron chi connectivity index (χ0n) is 30.9. The maximum atomic E-state index is 12.8. The maximum Gasteiger partial charge on any atom is 0.303 e. The highest BCUT2D eigenvalue weighted by atomic mass is 16.5. The van der Waals surface area contributed by atoms with Gasteiger partial charge in [-0.3, -0.25) is 4.79 Å². The molecule has 2 aromatic rings. The second-order valence-electron chi connectivity index (χ2n) is 13.8. The van der Waals surface area contributed by atoms with Crippen LogP contribution in [0, 0.1) is 17.8 Å². The van der Waals surface area contributed by atoms with Gasteiger partial charge in [0.05, 0.1) is 24.2 Å². The van der Waals surface area contributed by atoms with E-state index in [-0.39, 0.29) is 66.4 Å². The lowest BCUT2D eigenvalue weighted by Crippen LogP contribution is -2.53. The summed E-state index contributed by atoms with van der Waals surface area (Å²) >= 11 is 0. The van der Waals surface area contributed by atoms with Crippen LogP contribution in [-0.4, -0.2) is 90.7 Å². The van der Waals surface area contributed by atoms with Crippen LogP contribution in [0.25, 0.3) is 11.1 Å². The number of carbonyl (C=O) groups is 1. The number of hydrogen-bond donors (Lipinski definition) is 2. The predicted molar refractivity (Wildman–Crippen MR) is 194 cm³/mol. The normalized spacial score (nSPS) is 14.9. The molecule has 0 spiro atoms. The molecule has 0 saturated heterocycles. The van der Waals surface area contributed by atoms with Crippen molar-refractivity contribution in [3.63, 3.8) is 0 Å². The number of ether oxygens (including phenoxy) is 2. The molecule has 10 heteroatoms. The number of methoxy groups -OCH3 is 1. The molecule has 0 aliphatic heterocycles. The van der Waals surface area contributed by atoms with E-state index in [0.717, 1.165) is 28.7 Å². The van der Waals surface area contributed by atoms with E-state index >= 15 is 0 Å². The molecular formula is C40H53N3O7.